The minimum atomic E-state index is 0.422. The molecule has 0 bridgehead atoms. The van der Waals surface area contributed by atoms with E-state index in [0.29, 0.717) is 11.8 Å². The van der Waals surface area contributed by atoms with Gasteiger partial charge in [0, 0.05) is 41.9 Å². The summed E-state index contributed by atoms with van der Waals surface area (Å²) in [5, 5.41) is 9.58. The fourth-order valence-electron chi connectivity index (χ4n) is 5.93. The zero-order chi connectivity index (χ0) is 22.4. The smallest absolute Gasteiger partial charge is 0.0865 e. The normalized spacial score (nSPS) is 19.2. The SMILES string of the molecule is CC(C)c1c(-c2ccc3cnnn3c2)[nH]c2ccc(C3CCN(C4CCOCC4)CC3)cc12. The van der Waals surface area contributed by atoms with Gasteiger partial charge >= 0.3 is 0 Å². The highest BCUT2D eigenvalue weighted by atomic mass is 16.5. The van der Waals surface area contributed by atoms with Gasteiger partial charge < -0.3 is 14.6 Å². The lowest BCUT2D eigenvalue weighted by Crippen LogP contribution is -2.43. The number of nitrogens with zero attached hydrogens (tertiary/aromatic N) is 4. The predicted molar refractivity (Wildman–Crippen MR) is 132 cm³/mol. The van der Waals surface area contributed by atoms with Crippen LogP contribution < -0.4 is 0 Å². The van der Waals surface area contributed by atoms with Crippen molar-refractivity contribution in [2.24, 2.45) is 0 Å². The van der Waals surface area contributed by atoms with Crippen LogP contribution in [0.1, 0.15) is 62.5 Å². The van der Waals surface area contributed by atoms with E-state index in [0.717, 1.165) is 30.3 Å². The summed E-state index contributed by atoms with van der Waals surface area (Å²) in [6.07, 6.45) is 8.76. The van der Waals surface area contributed by atoms with Crippen LogP contribution in [0, 0.1) is 0 Å². The van der Waals surface area contributed by atoms with Crippen molar-refractivity contribution in [2.75, 3.05) is 26.3 Å². The molecule has 6 heteroatoms. The largest absolute Gasteiger partial charge is 0.381 e. The van der Waals surface area contributed by atoms with Crippen molar-refractivity contribution in [1.82, 2.24) is 24.7 Å². The highest BCUT2D eigenvalue weighted by molar-refractivity contribution is 5.92. The monoisotopic (exact) mass is 443 g/mol. The van der Waals surface area contributed by atoms with Crippen LogP contribution in [0.5, 0.6) is 0 Å². The van der Waals surface area contributed by atoms with Gasteiger partial charge in [-0.2, -0.15) is 0 Å². The average Bonchev–Trinajstić information content (AvgIpc) is 3.48. The van der Waals surface area contributed by atoms with E-state index in [9.17, 15) is 0 Å². The number of aromatic nitrogens is 4. The van der Waals surface area contributed by atoms with Crippen LogP contribution in [-0.4, -0.2) is 57.1 Å². The Morgan fingerprint density at radius 3 is 2.64 bits per heavy atom. The topological polar surface area (TPSA) is 58.5 Å². The van der Waals surface area contributed by atoms with E-state index in [-0.39, 0.29) is 0 Å². The van der Waals surface area contributed by atoms with Gasteiger partial charge in [-0.15, -0.1) is 5.10 Å². The summed E-state index contributed by atoms with van der Waals surface area (Å²) in [6.45, 7) is 8.86. The minimum Gasteiger partial charge on any atom is -0.381 e. The molecule has 1 aromatic carbocycles. The molecule has 0 atom stereocenters. The Kier molecular flexibility index (Phi) is 5.43. The lowest BCUT2D eigenvalue weighted by Gasteiger charge is -2.39. The van der Waals surface area contributed by atoms with Crippen molar-refractivity contribution < 1.29 is 4.74 Å². The minimum absolute atomic E-state index is 0.422. The fourth-order valence-corrected chi connectivity index (χ4v) is 5.93. The Morgan fingerprint density at radius 2 is 1.85 bits per heavy atom. The van der Waals surface area contributed by atoms with Crippen molar-refractivity contribution >= 4 is 16.4 Å². The first-order chi connectivity index (χ1) is 16.2. The van der Waals surface area contributed by atoms with Gasteiger partial charge in [0.2, 0.25) is 0 Å². The summed E-state index contributed by atoms with van der Waals surface area (Å²) < 4.78 is 7.42. The zero-order valence-electron chi connectivity index (χ0n) is 19.6. The summed E-state index contributed by atoms with van der Waals surface area (Å²) in [4.78, 5) is 6.43. The van der Waals surface area contributed by atoms with E-state index < -0.39 is 0 Å². The zero-order valence-corrected chi connectivity index (χ0v) is 19.6. The number of aromatic amines is 1. The van der Waals surface area contributed by atoms with E-state index in [4.69, 9.17) is 4.74 Å². The molecule has 2 aliphatic heterocycles. The van der Waals surface area contributed by atoms with E-state index >= 15 is 0 Å². The number of fused-ring (bicyclic) bond motifs is 2. The molecule has 0 unspecified atom stereocenters. The van der Waals surface area contributed by atoms with Crippen molar-refractivity contribution in [3.63, 3.8) is 0 Å². The van der Waals surface area contributed by atoms with Crippen molar-refractivity contribution in [1.29, 1.82) is 0 Å². The number of pyridine rings is 1. The number of rotatable bonds is 4. The summed E-state index contributed by atoms with van der Waals surface area (Å²) >= 11 is 0. The molecule has 4 aromatic rings. The van der Waals surface area contributed by atoms with Gasteiger partial charge in [-0.05, 0) is 86.0 Å². The van der Waals surface area contributed by atoms with Crippen LogP contribution in [0.2, 0.25) is 0 Å². The Bertz CT molecular complexity index is 1260. The van der Waals surface area contributed by atoms with Crippen LogP contribution in [0.4, 0.5) is 0 Å². The predicted octanol–water partition coefficient (Wildman–Crippen LogP) is 5.36. The highest BCUT2D eigenvalue weighted by Crippen LogP contribution is 2.38. The molecule has 33 heavy (non-hydrogen) atoms. The van der Waals surface area contributed by atoms with E-state index in [1.165, 1.54) is 66.5 Å². The van der Waals surface area contributed by atoms with Gasteiger partial charge in [0.25, 0.3) is 0 Å². The first kappa shape index (κ1) is 20.9. The Hall–Kier alpha value is -2.70. The van der Waals surface area contributed by atoms with E-state index in [1.807, 2.05) is 4.52 Å². The van der Waals surface area contributed by atoms with Gasteiger partial charge in [0.05, 0.1) is 17.4 Å². The maximum Gasteiger partial charge on any atom is 0.0865 e. The molecule has 0 amide bonds. The Balaban J connectivity index is 1.30. The molecule has 3 aromatic heterocycles. The second-order valence-electron chi connectivity index (χ2n) is 10.0. The first-order valence-corrected chi connectivity index (χ1v) is 12.4. The number of nitrogens with one attached hydrogen (secondary N) is 1. The maximum absolute atomic E-state index is 5.57. The van der Waals surface area contributed by atoms with E-state index in [1.54, 1.807) is 6.20 Å². The molecular formula is C27H33N5O. The molecular weight excluding hydrogens is 410 g/mol. The maximum atomic E-state index is 5.57. The Morgan fingerprint density at radius 1 is 1.03 bits per heavy atom. The van der Waals surface area contributed by atoms with Crippen LogP contribution in [0.15, 0.2) is 42.7 Å². The number of piperidine rings is 1. The molecule has 2 aliphatic rings. The van der Waals surface area contributed by atoms with Crippen molar-refractivity contribution in [3.05, 3.63) is 53.9 Å². The molecule has 2 saturated heterocycles. The quantitative estimate of drug-likeness (QED) is 0.461. The lowest BCUT2D eigenvalue weighted by molar-refractivity contribution is 0.0252. The molecule has 2 fully saturated rings. The number of ether oxygens (including phenoxy) is 1. The van der Waals surface area contributed by atoms with Crippen molar-refractivity contribution in [3.8, 4) is 11.3 Å². The second-order valence-corrected chi connectivity index (χ2v) is 10.0. The molecule has 0 spiro atoms. The molecule has 6 nitrogen and oxygen atoms in total. The number of H-pyrrole nitrogens is 1. The van der Waals surface area contributed by atoms with Gasteiger partial charge in [0.1, 0.15) is 0 Å². The second kappa shape index (κ2) is 8.58. The van der Waals surface area contributed by atoms with Crippen LogP contribution >= 0.6 is 0 Å². The fraction of sp³-hybridized carbons (Fsp3) is 0.481. The molecule has 172 valence electrons. The van der Waals surface area contributed by atoms with Gasteiger partial charge in [-0.25, -0.2) is 4.52 Å². The lowest BCUT2D eigenvalue weighted by atomic mass is 9.86. The summed E-state index contributed by atoms with van der Waals surface area (Å²) in [5.74, 6) is 1.07. The van der Waals surface area contributed by atoms with E-state index in [2.05, 4.69) is 70.6 Å². The van der Waals surface area contributed by atoms with Crippen molar-refractivity contribution in [2.45, 2.75) is 57.4 Å². The average molecular weight is 444 g/mol. The molecule has 1 N–H and O–H groups in total. The third-order valence-corrected chi connectivity index (χ3v) is 7.73. The molecule has 0 saturated carbocycles. The number of hydrogen-bond donors (Lipinski definition) is 1. The van der Waals surface area contributed by atoms with Gasteiger partial charge in [-0.3, -0.25) is 0 Å². The molecule has 0 radical (unpaired) electrons. The summed E-state index contributed by atoms with van der Waals surface area (Å²) in [6, 6.07) is 12.1. The summed E-state index contributed by atoms with van der Waals surface area (Å²) in [7, 11) is 0. The molecule has 0 aliphatic carbocycles. The van der Waals surface area contributed by atoms with Crippen LogP contribution in [-0.2, 0) is 4.74 Å². The van der Waals surface area contributed by atoms with Crippen LogP contribution in [0.3, 0.4) is 0 Å². The van der Waals surface area contributed by atoms with Crippen LogP contribution in [0.25, 0.3) is 27.7 Å². The highest BCUT2D eigenvalue weighted by Gasteiger charge is 2.27. The van der Waals surface area contributed by atoms with Gasteiger partial charge in [0.15, 0.2) is 0 Å². The summed E-state index contributed by atoms with van der Waals surface area (Å²) in [5.41, 5.74) is 7.47. The standard InChI is InChI=1S/C27H33N5O/c1-18(2)26-24-15-20(19-7-11-31(12-8-19)22-9-13-33-14-10-22)4-6-25(24)29-27(26)21-3-5-23-16-28-30-32(23)17-21/h3-6,15-19,22,29H,7-14H2,1-2H3. The Labute approximate surface area is 194 Å². The first-order valence-electron chi connectivity index (χ1n) is 12.4. The number of likely N-dealkylation sites (tertiary alicyclic amines) is 1. The third kappa shape index (κ3) is 3.85. The molecule has 6 rings (SSSR count). The van der Waals surface area contributed by atoms with Gasteiger partial charge in [-0.1, -0.05) is 25.1 Å². The third-order valence-electron chi connectivity index (χ3n) is 7.73. The number of hydrogen-bond acceptors (Lipinski definition) is 4. The number of benzene rings is 1. The molecule has 5 heterocycles.